The van der Waals surface area contributed by atoms with Crippen LogP contribution in [0.3, 0.4) is 0 Å². The number of hydrogen-bond donors (Lipinski definition) is 8. The lowest BCUT2D eigenvalue weighted by atomic mass is 9.99. The van der Waals surface area contributed by atoms with Crippen LogP contribution >= 0.6 is 0 Å². The highest BCUT2D eigenvalue weighted by Crippen LogP contribution is 2.40. The predicted molar refractivity (Wildman–Crippen MR) is 274 cm³/mol. The molecular formula is C53H65N9O15. The molecule has 2 aromatic heterocycles. The monoisotopic (exact) mass is 1070 g/mol. The molecule has 8 N–H and O–H groups in total. The third-order valence-corrected chi connectivity index (χ3v) is 13.8. The number of nitrogens with one attached hydrogen (secondary N) is 4. The van der Waals surface area contributed by atoms with Gasteiger partial charge in [-0.15, -0.1) is 0 Å². The molecule has 77 heavy (non-hydrogen) atoms. The molecule has 9 rings (SSSR count). The van der Waals surface area contributed by atoms with Gasteiger partial charge in [0.15, 0.2) is 11.9 Å². The maximum atomic E-state index is 13.5. The molecule has 1 aliphatic carbocycles. The van der Waals surface area contributed by atoms with Crippen LogP contribution in [-0.4, -0.2) is 194 Å². The second-order valence-electron chi connectivity index (χ2n) is 19.1. The largest absolute Gasteiger partial charge is 0.488 e. The number of anilines is 1. The number of H-pyrrole nitrogens is 2. The van der Waals surface area contributed by atoms with Crippen molar-refractivity contribution in [3.05, 3.63) is 91.1 Å². The number of hydrogen-bond acceptors (Lipinski definition) is 17. The number of carboxylic acid groups (broad SMARTS) is 1. The van der Waals surface area contributed by atoms with Crippen molar-refractivity contribution in [1.29, 1.82) is 0 Å². The lowest BCUT2D eigenvalue weighted by Gasteiger charge is -2.41. The number of aliphatic hydroxyl groups is 3. The van der Waals surface area contributed by atoms with Gasteiger partial charge in [-0.1, -0.05) is 12.1 Å². The summed E-state index contributed by atoms with van der Waals surface area (Å²) >= 11 is 0. The number of aromatic amines is 2. The van der Waals surface area contributed by atoms with Crippen LogP contribution in [-0.2, 0) is 49.5 Å². The molecule has 2 fully saturated rings. The van der Waals surface area contributed by atoms with E-state index in [-0.39, 0.29) is 102 Å². The van der Waals surface area contributed by atoms with Crippen molar-refractivity contribution >= 4 is 46.2 Å². The third kappa shape index (κ3) is 13.9. The summed E-state index contributed by atoms with van der Waals surface area (Å²) in [5.41, 5.74) is 5.60. The van der Waals surface area contributed by atoms with Crippen LogP contribution in [0, 0.1) is 7.43 Å². The van der Waals surface area contributed by atoms with E-state index in [4.69, 9.17) is 28.4 Å². The fourth-order valence-corrected chi connectivity index (χ4v) is 9.64. The maximum absolute atomic E-state index is 13.5. The molecule has 5 atom stereocenters. The molecule has 4 amide bonds. The summed E-state index contributed by atoms with van der Waals surface area (Å²) in [6.45, 7) is 4.92. The molecule has 3 aliphatic heterocycles. The molecule has 5 heterocycles. The second-order valence-corrected chi connectivity index (χ2v) is 19.1. The molecule has 5 aromatic rings. The van der Waals surface area contributed by atoms with Crippen molar-refractivity contribution < 1.29 is 77.3 Å². The standard InChI is InChI=1S/C52H61N9O15.CH3/c62-41(12-18-71-21-23-73-24-22-72-19-14-60-49(67)35-28-36(35)50(60)68)53-13-11-42(63)56-39-25-31(7-10-40(39)75-52-46(66)44(64)45(65)47(76-52)51(69)70)29-61(15-2-1-3-16-61)17-20-74-34-6-4-5-32(26-34)43-37-27-33(48-54-30-55-59-48)8-9-38(37)57-58-43;/h4-10,25-27,30,44-47,52,64-66H,1-3,11-24,28-29H2,(H4-,53,54,55,56,57,58,59,62,63,67,68,69,70);1H3/q;-1/p+1/t44-,45-,46+,47-,52+;/m0./s1. The zero-order chi connectivity index (χ0) is 53.2. The summed E-state index contributed by atoms with van der Waals surface area (Å²) in [4.78, 5) is 67.4. The number of quaternary nitrogens is 1. The van der Waals surface area contributed by atoms with Crippen molar-refractivity contribution in [2.24, 2.45) is 0 Å². The highest BCUT2D eigenvalue weighted by Gasteiger charge is 2.49. The average molecular weight is 1070 g/mol. The van der Waals surface area contributed by atoms with E-state index < -0.39 is 42.6 Å². The van der Waals surface area contributed by atoms with Gasteiger partial charge in [-0.3, -0.25) is 34.3 Å². The minimum absolute atomic E-state index is 0. The summed E-state index contributed by atoms with van der Waals surface area (Å²) in [5, 5.41) is 62.3. The molecule has 24 nitrogen and oxygen atoms in total. The molecule has 412 valence electrons. The number of likely N-dealkylation sites (tertiary alicyclic amines) is 2. The van der Waals surface area contributed by atoms with Gasteiger partial charge < -0.3 is 71.4 Å². The Morgan fingerprint density at radius 2 is 1.55 bits per heavy atom. The van der Waals surface area contributed by atoms with E-state index in [0.717, 1.165) is 65.6 Å². The molecule has 3 aromatic carbocycles. The zero-order valence-electron chi connectivity index (χ0n) is 42.7. The summed E-state index contributed by atoms with van der Waals surface area (Å²) < 4.78 is 34.9. The topological polar surface area (TPSA) is 319 Å². The number of ether oxygens (including phenoxy) is 6. The number of carbonyl (C=O) groups is 5. The number of nitrogens with zero attached hydrogens (tertiary/aromatic N) is 5. The molecule has 0 spiro atoms. The van der Waals surface area contributed by atoms with Crippen LogP contribution in [0.1, 0.15) is 44.1 Å². The Kier molecular flexibility index (Phi) is 18.8. The molecule has 0 unspecified atom stereocenters. The van der Waals surface area contributed by atoms with E-state index in [9.17, 15) is 44.4 Å². The van der Waals surface area contributed by atoms with Crippen molar-refractivity contribution in [3.63, 3.8) is 0 Å². The van der Waals surface area contributed by atoms with Crippen molar-refractivity contribution in [2.45, 2.75) is 75.8 Å². The number of piperidine rings is 2. The minimum Gasteiger partial charge on any atom is -0.488 e. The first-order valence-electron chi connectivity index (χ1n) is 25.4. The quantitative estimate of drug-likeness (QED) is 0.0162. The van der Waals surface area contributed by atoms with Gasteiger partial charge in [0.2, 0.25) is 18.1 Å². The van der Waals surface area contributed by atoms with Crippen LogP contribution in [0.4, 0.5) is 5.69 Å². The van der Waals surface area contributed by atoms with Crippen molar-refractivity contribution in [2.75, 3.05) is 84.3 Å². The number of imide groups is 1. The number of carbonyl (C=O) groups excluding carboxylic acids is 4. The molecule has 0 radical (unpaired) electrons. The summed E-state index contributed by atoms with van der Waals surface area (Å²) in [6.07, 6.45) is -4.38. The SMILES string of the molecule is O=C(CCOCCOCCOCCN1C(=O)C2=C(C2)C1=O)NCCC(=O)Nc1cc(C[N+]2(CCOc3cccc(-c4n[nH]c5ccc(-c6ncn[nH]6)cc45)c3)CCCCC2)ccc1O[C@@H]1O[C@H](C(=O)O)[C@@H](O)[C@H](O)[C@H]1O.[CH3-]. The van der Waals surface area contributed by atoms with Gasteiger partial charge in [-0.05, 0) is 67.8 Å². The zero-order valence-corrected chi connectivity index (χ0v) is 42.7. The fourth-order valence-electron chi connectivity index (χ4n) is 9.64. The number of aromatic nitrogens is 5. The number of aliphatic hydroxyl groups excluding tert-OH is 3. The summed E-state index contributed by atoms with van der Waals surface area (Å²) in [7, 11) is 0. The second kappa shape index (κ2) is 25.8. The predicted octanol–water partition coefficient (Wildman–Crippen LogP) is 2.27. The van der Waals surface area contributed by atoms with E-state index >= 15 is 0 Å². The van der Waals surface area contributed by atoms with Crippen LogP contribution < -0.4 is 20.1 Å². The Balaban J connectivity index is 0.00000784. The summed E-state index contributed by atoms with van der Waals surface area (Å²) in [5.74, 6) is -1.53. The van der Waals surface area contributed by atoms with Gasteiger partial charge in [-0.25, -0.2) is 9.78 Å². The van der Waals surface area contributed by atoms with Gasteiger partial charge in [0.1, 0.15) is 61.5 Å². The van der Waals surface area contributed by atoms with Gasteiger partial charge in [0.05, 0.1) is 70.5 Å². The first-order chi connectivity index (χ1) is 36.9. The van der Waals surface area contributed by atoms with E-state index in [1.165, 1.54) is 11.2 Å². The third-order valence-electron chi connectivity index (χ3n) is 13.8. The Bertz CT molecular complexity index is 2880. The Hall–Kier alpha value is -7.16. The smallest absolute Gasteiger partial charge is 0.335 e. The van der Waals surface area contributed by atoms with Gasteiger partial charge in [0.25, 0.3) is 11.8 Å². The number of fused-ring (bicyclic) bond motifs is 1. The van der Waals surface area contributed by atoms with Crippen LogP contribution in [0.15, 0.2) is 78.1 Å². The normalized spacial score (nSPS) is 20.7. The molecule has 0 saturated carbocycles. The first-order valence-corrected chi connectivity index (χ1v) is 25.4. The number of rotatable bonds is 27. The molecule has 0 bridgehead atoms. The maximum Gasteiger partial charge on any atom is 0.335 e. The van der Waals surface area contributed by atoms with Crippen molar-refractivity contribution in [3.8, 4) is 34.1 Å². The molecule has 2 saturated heterocycles. The van der Waals surface area contributed by atoms with Gasteiger partial charge >= 0.3 is 5.97 Å². The number of carboxylic acids is 1. The highest BCUT2D eigenvalue weighted by atomic mass is 16.7. The number of amides is 4. The lowest BCUT2D eigenvalue weighted by Crippen LogP contribution is -2.61. The van der Waals surface area contributed by atoms with Crippen LogP contribution in [0.2, 0.25) is 0 Å². The van der Waals surface area contributed by atoms with Gasteiger partial charge in [0, 0.05) is 59.0 Å². The Morgan fingerprint density at radius 1 is 0.792 bits per heavy atom. The molecule has 24 heteroatoms. The van der Waals surface area contributed by atoms with E-state index in [1.54, 1.807) is 18.2 Å². The van der Waals surface area contributed by atoms with Crippen LogP contribution in [0.25, 0.3) is 33.5 Å². The summed E-state index contributed by atoms with van der Waals surface area (Å²) in [6, 6.07) is 18.8. The highest BCUT2D eigenvalue weighted by molar-refractivity contribution is 6.25. The molecule has 4 aliphatic rings. The van der Waals surface area contributed by atoms with Crippen molar-refractivity contribution in [1.82, 2.24) is 35.6 Å². The average Bonchev–Trinajstić information content (AvgIpc) is 3.69. The van der Waals surface area contributed by atoms with E-state index in [2.05, 4.69) is 36.0 Å². The number of aliphatic carboxylic acids is 1. The lowest BCUT2D eigenvalue weighted by molar-refractivity contribution is -0.945. The number of benzene rings is 3. The minimum atomic E-state index is -1.93. The van der Waals surface area contributed by atoms with Crippen LogP contribution in [0.5, 0.6) is 11.5 Å². The Morgan fingerprint density at radius 3 is 2.29 bits per heavy atom. The Labute approximate surface area is 443 Å². The van der Waals surface area contributed by atoms with E-state index in [0.29, 0.717) is 53.3 Å². The van der Waals surface area contributed by atoms with Gasteiger partial charge in [-0.2, -0.15) is 10.2 Å². The molecular weight excluding hydrogens is 1000 g/mol. The first kappa shape index (κ1) is 56.1. The fraction of sp³-hybridized carbons (Fsp3) is 0.453. The van der Waals surface area contributed by atoms with E-state index in [1.807, 2.05) is 42.5 Å².